The van der Waals surface area contributed by atoms with Crippen LogP contribution in [0.3, 0.4) is 0 Å². The molecular formula is C15H26N2O2S. The van der Waals surface area contributed by atoms with E-state index in [9.17, 15) is 9.90 Å². The Bertz CT molecular complexity index is 395. The summed E-state index contributed by atoms with van der Waals surface area (Å²) in [5.41, 5.74) is 4.01. The van der Waals surface area contributed by atoms with Gasteiger partial charge in [0.15, 0.2) is 0 Å². The highest BCUT2D eigenvalue weighted by Gasteiger charge is 2.32. The lowest BCUT2D eigenvalue weighted by molar-refractivity contribution is -0.138. The van der Waals surface area contributed by atoms with Gasteiger partial charge < -0.3 is 10.8 Å². The molecule has 5 heteroatoms. The number of nitrogens with two attached hydrogens (primary N) is 1. The molecule has 1 aromatic rings. The molecule has 1 heterocycles. The van der Waals surface area contributed by atoms with Crippen LogP contribution in [0, 0.1) is 0 Å². The van der Waals surface area contributed by atoms with Crippen LogP contribution >= 0.6 is 11.3 Å². The average Bonchev–Trinajstić information content (AvgIpc) is 2.95. The van der Waals surface area contributed by atoms with Gasteiger partial charge in [0.2, 0.25) is 5.91 Å². The molecule has 0 saturated heterocycles. The van der Waals surface area contributed by atoms with Gasteiger partial charge in [0, 0.05) is 17.5 Å². The van der Waals surface area contributed by atoms with Crippen LogP contribution < -0.4 is 5.73 Å². The van der Waals surface area contributed by atoms with E-state index in [-0.39, 0.29) is 0 Å². The van der Waals surface area contributed by atoms with E-state index in [1.54, 1.807) is 11.3 Å². The highest BCUT2D eigenvalue weighted by atomic mass is 32.1. The summed E-state index contributed by atoms with van der Waals surface area (Å²) in [7, 11) is 0. The van der Waals surface area contributed by atoms with Gasteiger partial charge >= 0.3 is 0 Å². The van der Waals surface area contributed by atoms with Crippen LogP contribution in [0.1, 0.15) is 69.7 Å². The molecule has 1 rings (SSSR count). The standard InChI is InChI=1S/C15H26N2O2S/c1-3-4-8-15(19,14(16)18)9-6-5-7-12(2)13-17-10-11-20-13/h10-12,19H,3-9H2,1-2H3,(H2,16,18). The number of carbonyl (C=O) groups excluding carboxylic acids is 1. The first-order chi connectivity index (χ1) is 9.49. The van der Waals surface area contributed by atoms with Gasteiger partial charge in [0.05, 0.1) is 5.01 Å². The molecule has 0 saturated carbocycles. The number of primary amides is 1. The first kappa shape index (κ1) is 17.1. The largest absolute Gasteiger partial charge is 0.380 e. The van der Waals surface area contributed by atoms with E-state index in [0.717, 1.165) is 37.1 Å². The second-order valence-electron chi connectivity index (χ2n) is 5.52. The number of hydrogen-bond donors (Lipinski definition) is 2. The van der Waals surface area contributed by atoms with Gasteiger partial charge in [0.25, 0.3) is 0 Å². The van der Waals surface area contributed by atoms with Gasteiger partial charge in [-0.15, -0.1) is 11.3 Å². The molecule has 0 radical (unpaired) electrons. The normalized spacial score (nSPS) is 15.8. The molecule has 0 fully saturated rings. The summed E-state index contributed by atoms with van der Waals surface area (Å²) in [4.78, 5) is 15.7. The summed E-state index contributed by atoms with van der Waals surface area (Å²) in [5, 5.41) is 13.4. The molecule has 0 aromatic carbocycles. The fraction of sp³-hybridized carbons (Fsp3) is 0.733. The van der Waals surface area contributed by atoms with Crippen molar-refractivity contribution in [3.8, 4) is 0 Å². The van der Waals surface area contributed by atoms with Crippen LogP contribution in [0.15, 0.2) is 11.6 Å². The third-order valence-electron chi connectivity index (χ3n) is 3.75. The lowest BCUT2D eigenvalue weighted by Gasteiger charge is -2.24. The minimum atomic E-state index is -1.32. The third-order valence-corrected chi connectivity index (χ3v) is 4.76. The minimum absolute atomic E-state index is 0.437. The van der Waals surface area contributed by atoms with E-state index in [4.69, 9.17) is 5.73 Å². The van der Waals surface area contributed by atoms with Crippen LogP contribution in [0.2, 0.25) is 0 Å². The Morgan fingerprint density at radius 3 is 2.70 bits per heavy atom. The van der Waals surface area contributed by atoms with Crippen molar-refractivity contribution in [2.75, 3.05) is 0 Å². The summed E-state index contributed by atoms with van der Waals surface area (Å²) in [6.45, 7) is 4.20. The fourth-order valence-corrected chi connectivity index (χ4v) is 3.04. The van der Waals surface area contributed by atoms with Crippen molar-refractivity contribution in [3.63, 3.8) is 0 Å². The van der Waals surface area contributed by atoms with Crippen molar-refractivity contribution in [1.29, 1.82) is 0 Å². The van der Waals surface area contributed by atoms with E-state index in [1.165, 1.54) is 0 Å². The zero-order valence-electron chi connectivity index (χ0n) is 12.5. The topological polar surface area (TPSA) is 76.2 Å². The number of rotatable bonds is 10. The Morgan fingerprint density at radius 1 is 1.45 bits per heavy atom. The Labute approximate surface area is 125 Å². The number of unbranched alkanes of at least 4 members (excludes halogenated alkanes) is 2. The fourth-order valence-electron chi connectivity index (χ4n) is 2.31. The van der Waals surface area contributed by atoms with Crippen molar-refractivity contribution in [2.24, 2.45) is 5.73 Å². The molecule has 0 aliphatic heterocycles. The van der Waals surface area contributed by atoms with Gasteiger partial charge in [-0.3, -0.25) is 4.79 Å². The second-order valence-corrected chi connectivity index (χ2v) is 6.44. The Kier molecular flexibility index (Phi) is 7.16. The van der Waals surface area contributed by atoms with Gasteiger partial charge in [-0.2, -0.15) is 0 Å². The molecule has 0 bridgehead atoms. The highest BCUT2D eigenvalue weighted by molar-refractivity contribution is 7.09. The van der Waals surface area contributed by atoms with Crippen LogP contribution in [-0.2, 0) is 4.79 Å². The van der Waals surface area contributed by atoms with E-state index in [2.05, 4.69) is 11.9 Å². The number of aromatic nitrogens is 1. The SMILES string of the molecule is CCCCC(O)(CCCCC(C)c1nccs1)C(N)=O. The maximum absolute atomic E-state index is 11.4. The number of carbonyl (C=O) groups is 1. The van der Waals surface area contributed by atoms with Crippen molar-refractivity contribution >= 4 is 17.2 Å². The van der Waals surface area contributed by atoms with Gasteiger partial charge in [0.1, 0.15) is 5.60 Å². The molecule has 1 amide bonds. The minimum Gasteiger partial charge on any atom is -0.380 e. The number of aliphatic hydroxyl groups is 1. The number of hydrogen-bond acceptors (Lipinski definition) is 4. The number of nitrogens with zero attached hydrogens (tertiary/aromatic N) is 1. The monoisotopic (exact) mass is 298 g/mol. The van der Waals surface area contributed by atoms with Crippen LogP contribution in [0.25, 0.3) is 0 Å². The predicted molar refractivity (Wildman–Crippen MR) is 82.7 cm³/mol. The van der Waals surface area contributed by atoms with E-state index >= 15 is 0 Å². The molecule has 20 heavy (non-hydrogen) atoms. The van der Waals surface area contributed by atoms with E-state index in [0.29, 0.717) is 18.8 Å². The molecule has 1 aromatic heterocycles. The number of amides is 1. The maximum Gasteiger partial charge on any atom is 0.249 e. The Morgan fingerprint density at radius 2 is 2.15 bits per heavy atom. The summed E-state index contributed by atoms with van der Waals surface area (Å²) < 4.78 is 0. The summed E-state index contributed by atoms with van der Waals surface area (Å²) in [5.74, 6) is -0.147. The molecule has 114 valence electrons. The first-order valence-electron chi connectivity index (χ1n) is 7.41. The van der Waals surface area contributed by atoms with Gasteiger partial charge in [-0.05, 0) is 19.3 Å². The molecule has 0 aliphatic carbocycles. The zero-order valence-corrected chi connectivity index (χ0v) is 13.3. The number of thiazole rings is 1. The average molecular weight is 298 g/mol. The molecule has 3 N–H and O–H groups in total. The smallest absolute Gasteiger partial charge is 0.249 e. The Balaban J connectivity index is 2.32. The Hall–Kier alpha value is -0.940. The second kappa shape index (κ2) is 8.37. The summed E-state index contributed by atoms with van der Waals surface area (Å²) in [6, 6.07) is 0. The highest BCUT2D eigenvalue weighted by Crippen LogP contribution is 2.26. The lowest BCUT2D eigenvalue weighted by Crippen LogP contribution is -2.43. The van der Waals surface area contributed by atoms with Crippen LogP contribution in [-0.4, -0.2) is 21.6 Å². The van der Waals surface area contributed by atoms with Gasteiger partial charge in [-0.1, -0.05) is 39.5 Å². The molecule has 0 aliphatic rings. The molecule has 4 nitrogen and oxygen atoms in total. The summed E-state index contributed by atoms with van der Waals surface area (Å²) in [6.07, 6.45) is 7.37. The maximum atomic E-state index is 11.4. The van der Waals surface area contributed by atoms with Crippen molar-refractivity contribution in [2.45, 2.75) is 70.3 Å². The predicted octanol–water partition coefficient (Wildman–Crippen LogP) is 3.21. The van der Waals surface area contributed by atoms with E-state index < -0.39 is 11.5 Å². The van der Waals surface area contributed by atoms with Gasteiger partial charge in [-0.25, -0.2) is 4.98 Å². The quantitative estimate of drug-likeness (QED) is 0.651. The van der Waals surface area contributed by atoms with Crippen LogP contribution in [0.4, 0.5) is 0 Å². The molecule has 2 unspecified atom stereocenters. The third kappa shape index (κ3) is 5.21. The zero-order chi connectivity index (χ0) is 15.0. The lowest BCUT2D eigenvalue weighted by atomic mass is 9.89. The molecule has 0 spiro atoms. The summed E-state index contributed by atoms with van der Waals surface area (Å²) >= 11 is 1.68. The first-order valence-corrected chi connectivity index (χ1v) is 8.29. The van der Waals surface area contributed by atoms with Crippen molar-refractivity contribution in [1.82, 2.24) is 4.98 Å². The van der Waals surface area contributed by atoms with E-state index in [1.807, 2.05) is 18.5 Å². The molecule has 2 atom stereocenters. The molecular weight excluding hydrogens is 272 g/mol. The van der Waals surface area contributed by atoms with Crippen LogP contribution in [0.5, 0.6) is 0 Å². The van der Waals surface area contributed by atoms with Crippen molar-refractivity contribution < 1.29 is 9.90 Å². The van der Waals surface area contributed by atoms with Crippen molar-refractivity contribution in [3.05, 3.63) is 16.6 Å².